The van der Waals surface area contributed by atoms with E-state index < -0.39 is 17.6 Å². The number of alkyl halides is 3. The number of hydrogen-bond donors (Lipinski definition) is 1. The van der Waals surface area contributed by atoms with Gasteiger partial charge in [-0.25, -0.2) is 0 Å². The molecule has 1 aromatic carbocycles. The van der Waals surface area contributed by atoms with E-state index >= 15 is 0 Å². The van der Waals surface area contributed by atoms with Crippen LogP contribution in [0.1, 0.15) is 48.2 Å². The van der Waals surface area contributed by atoms with Crippen LogP contribution in [0.25, 0.3) is 11.0 Å². The normalized spacial score (nSPS) is 21.8. The standard InChI is InChI=1S/C23H28F3N3O3/c1-28(2)22(31)15-5-3-14(4-6-15)9-11-29-12-10-27-21(30)20-19(29)17-13-16(23(24,25)26)7-8-18(17)32-20/h7-8,13-15H,3-6,9-12H2,1-2H3,(H,27,30). The second-order valence-corrected chi connectivity index (χ2v) is 8.97. The number of hydrogen-bond acceptors (Lipinski definition) is 4. The Hall–Kier alpha value is -2.71. The highest BCUT2D eigenvalue weighted by Crippen LogP contribution is 2.40. The highest BCUT2D eigenvalue weighted by Gasteiger charge is 2.34. The van der Waals surface area contributed by atoms with Gasteiger partial charge < -0.3 is 19.5 Å². The SMILES string of the molecule is CN(C)C(=O)C1CCC(CCN2CCNC(=O)c3oc4ccc(C(F)(F)F)cc4c32)CC1. The zero-order valence-corrected chi connectivity index (χ0v) is 18.3. The Morgan fingerprint density at radius 2 is 1.94 bits per heavy atom. The van der Waals surface area contributed by atoms with Gasteiger partial charge >= 0.3 is 6.18 Å². The number of rotatable bonds is 4. The van der Waals surface area contributed by atoms with Crippen molar-refractivity contribution < 1.29 is 27.2 Å². The fourth-order valence-corrected chi connectivity index (χ4v) is 4.85. The molecule has 1 fully saturated rings. The highest BCUT2D eigenvalue weighted by atomic mass is 19.4. The van der Waals surface area contributed by atoms with Gasteiger partial charge in [-0.2, -0.15) is 13.2 Å². The molecule has 0 bridgehead atoms. The molecule has 1 aliphatic carbocycles. The maximum Gasteiger partial charge on any atom is 0.416 e. The number of carbonyl (C=O) groups excluding carboxylic acids is 2. The summed E-state index contributed by atoms with van der Waals surface area (Å²) in [6, 6.07) is 3.32. The number of anilines is 1. The van der Waals surface area contributed by atoms with E-state index in [4.69, 9.17) is 4.42 Å². The van der Waals surface area contributed by atoms with E-state index in [0.717, 1.165) is 44.2 Å². The van der Waals surface area contributed by atoms with Crippen LogP contribution in [0.3, 0.4) is 0 Å². The van der Waals surface area contributed by atoms with Crippen LogP contribution in [0.15, 0.2) is 22.6 Å². The van der Waals surface area contributed by atoms with Crippen molar-refractivity contribution in [3.05, 3.63) is 29.5 Å². The summed E-state index contributed by atoms with van der Waals surface area (Å²) in [5.74, 6) is 0.356. The first-order chi connectivity index (χ1) is 15.1. The van der Waals surface area contributed by atoms with Crippen LogP contribution in [0, 0.1) is 11.8 Å². The molecule has 0 unspecified atom stereocenters. The summed E-state index contributed by atoms with van der Waals surface area (Å²) in [4.78, 5) is 28.3. The summed E-state index contributed by atoms with van der Waals surface area (Å²) in [5, 5.41) is 3.08. The first kappa shape index (κ1) is 22.5. The lowest BCUT2D eigenvalue weighted by Gasteiger charge is -2.31. The van der Waals surface area contributed by atoms with Crippen LogP contribution in [-0.4, -0.2) is 50.4 Å². The van der Waals surface area contributed by atoms with Gasteiger partial charge in [0.2, 0.25) is 11.7 Å². The number of nitrogens with zero attached hydrogens (tertiary/aromatic N) is 2. The van der Waals surface area contributed by atoms with Gasteiger partial charge in [0.05, 0.1) is 11.3 Å². The van der Waals surface area contributed by atoms with Crippen molar-refractivity contribution in [2.45, 2.75) is 38.3 Å². The summed E-state index contributed by atoms with van der Waals surface area (Å²) < 4.78 is 45.5. The summed E-state index contributed by atoms with van der Waals surface area (Å²) >= 11 is 0. The van der Waals surface area contributed by atoms with Gasteiger partial charge in [-0.15, -0.1) is 0 Å². The number of halogens is 3. The van der Waals surface area contributed by atoms with Gasteiger partial charge in [-0.05, 0) is 56.2 Å². The molecule has 2 aromatic rings. The lowest BCUT2D eigenvalue weighted by molar-refractivity contribution is -0.137. The first-order valence-electron chi connectivity index (χ1n) is 11.0. The molecule has 2 heterocycles. The molecule has 1 saturated carbocycles. The fraction of sp³-hybridized carbons (Fsp3) is 0.565. The average molecular weight is 451 g/mol. The third-order valence-corrected chi connectivity index (χ3v) is 6.62. The Balaban J connectivity index is 1.53. The first-order valence-corrected chi connectivity index (χ1v) is 11.0. The van der Waals surface area contributed by atoms with Gasteiger partial charge in [0.1, 0.15) is 5.58 Å². The number of amides is 2. The molecule has 0 spiro atoms. The Bertz CT molecular complexity index is 1010. The summed E-state index contributed by atoms with van der Waals surface area (Å²) in [6.07, 6.45) is -0.00694. The van der Waals surface area contributed by atoms with Crippen LogP contribution < -0.4 is 10.2 Å². The Labute approximate surface area is 184 Å². The molecule has 32 heavy (non-hydrogen) atoms. The minimum Gasteiger partial charge on any atom is -0.449 e. The minimum atomic E-state index is -4.47. The molecule has 174 valence electrons. The van der Waals surface area contributed by atoms with Gasteiger partial charge in [-0.1, -0.05) is 0 Å². The van der Waals surface area contributed by atoms with Gasteiger partial charge in [0.15, 0.2) is 0 Å². The highest BCUT2D eigenvalue weighted by molar-refractivity contribution is 6.07. The van der Waals surface area contributed by atoms with Crippen molar-refractivity contribution >= 4 is 28.5 Å². The number of nitrogens with one attached hydrogen (secondary N) is 1. The van der Waals surface area contributed by atoms with Crippen LogP contribution in [-0.2, 0) is 11.0 Å². The number of carbonyl (C=O) groups is 2. The topological polar surface area (TPSA) is 65.8 Å². The fourth-order valence-electron chi connectivity index (χ4n) is 4.85. The van der Waals surface area contributed by atoms with Gasteiger partial charge in [-0.3, -0.25) is 9.59 Å². The predicted octanol–water partition coefficient (Wildman–Crippen LogP) is 4.29. The van der Waals surface area contributed by atoms with E-state index in [1.165, 1.54) is 6.07 Å². The maximum absolute atomic E-state index is 13.3. The molecule has 0 radical (unpaired) electrons. The average Bonchev–Trinajstić information content (AvgIpc) is 3.06. The second kappa shape index (κ2) is 8.67. The Morgan fingerprint density at radius 1 is 1.22 bits per heavy atom. The molecule has 1 aliphatic heterocycles. The third kappa shape index (κ3) is 4.42. The van der Waals surface area contributed by atoms with E-state index in [0.29, 0.717) is 36.6 Å². The molecule has 0 saturated heterocycles. The van der Waals surface area contributed by atoms with Crippen molar-refractivity contribution in [1.29, 1.82) is 0 Å². The van der Waals surface area contributed by atoms with Crippen molar-refractivity contribution in [3.8, 4) is 0 Å². The number of furan rings is 1. The molecule has 1 N–H and O–H groups in total. The summed E-state index contributed by atoms with van der Waals surface area (Å²) in [6.45, 7) is 1.51. The lowest BCUT2D eigenvalue weighted by Crippen LogP contribution is -2.34. The molecule has 4 rings (SSSR count). The van der Waals surface area contributed by atoms with E-state index in [2.05, 4.69) is 5.32 Å². The van der Waals surface area contributed by atoms with E-state index in [1.54, 1.807) is 19.0 Å². The molecule has 9 heteroatoms. The van der Waals surface area contributed by atoms with Crippen LogP contribution >= 0.6 is 0 Å². The van der Waals surface area contributed by atoms with Crippen LogP contribution in [0.2, 0.25) is 0 Å². The van der Waals surface area contributed by atoms with Crippen molar-refractivity contribution in [2.75, 3.05) is 38.6 Å². The quantitative estimate of drug-likeness (QED) is 0.754. The number of fused-ring (bicyclic) bond motifs is 3. The third-order valence-electron chi connectivity index (χ3n) is 6.62. The second-order valence-electron chi connectivity index (χ2n) is 8.97. The monoisotopic (exact) mass is 451 g/mol. The minimum absolute atomic E-state index is 0.0668. The molecular formula is C23H28F3N3O3. The van der Waals surface area contributed by atoms with Gasteiger partial charge in [0.25, 0.3) is 5.91 Å². The number of benzene rings is 1. The zero-order chi connectivity index (χ0) is 23.0. The molecule has 2 aliphatic rings. The van der Waals surface area contributed by atoms with E-state index in [9.17, 15) is 22.8 Å². The molecule has 2 amide bonds. The smallest absolute Gasteiger partial charge is 0.416 e. The maximum atomic E-state index is 13.3. The van der Waals surface area contributed by atoms with E-state index in [1.807, 2.05) is 4.90 Å². The van der Waals surface area contributed by atoms with Crippen molar-refractivity contribution in [3.63, 3.8) is 0 Å². The molecule has 6 nitrogen and oxygen atoms in total. The Morgan fingerprint density at radius 3 is 2.59 bits per heavy atom. The van der Waals surface area contributed by atoms with Gasteiger partial charge in [0, 0.05) is 45.0 Å². The van der Waals surface area contributed by atoms with Crippen LogP contribution in [0.4, 0.5) is 18.9 Å². The lowest BCUT2D eigenvalue weighted by atomic mass is 9.80. The Kier molecular flexibility index (Phi) is 6.09. The van der Waals surface area contributed by atoms with Crippen molar-refractivity contribution in [1.82, 2.24) is 10.2 Å². The van der Waals surface area contributed by atoms with E-state index in [-0.39, 0.29) is 23.2 Å². The molecule has 1 aromatic heterocycles. The predicted molar refractivity (Wildman–Crippen MR) is 115 cm³/mol. The largest absolute Gasteiger partial charge is 0.449 e. The molecule has 0 atom stereocenters. The molecular weight excluding hydrogens is 423 g/mol. The summed E-state index contributed by atoms with van der Waals surface area (Å²) in [7, 11) is 3.56. The zero-order valence-electron chi connectivity index (χ0n) is 18.3. The van der Waals surface area contributed by atoms with Crippen molar-refractivity contribution in [2.24, 2.45) is 11.8 Å². The summed E-state index contributed by atoms with van der Waals surface area (Å²) in [5.41, 5.74) is -0.0487. The van der Waals surface area contributed by atoms with Crippen LogP contribution in [0.5, 0.6) is 0 Å².